The highest BCUT2D eigenvalue weighted by Gasteiger charge is 2.23. The van der Waals surface area contributed by atoms with Crippen molar-refractivity contribution in [3.05, 3.63) is 29.8 Å². The second-order valence-corrected chi connectivity index (χ2v) is 5.67. The van der Waals surface area contributed by atoms with Crippen molar-refractivity contribution in [3.8, 4) is 0 Å². The van der Waals surface area contributed by atoms with Crippen LogP contribution in [-0.2, 0) is 9.53 Å². The molecular weight excluding hydrogens is 292 g/mol. The largest absolute Gasteiger partial charge is 0.466 e. The third-order valence-corrected chi connectivity index (χ3v) is 3.58. The predicted molar refractivity (Wildman–Crippen MR) is 93.0 cm³/mol. The summed E-state index contributed by atoms with van der Waals surface area (Å²) in [5.41, 5.74) is 1.64. The number of carbonyl (C=O) groups excluding carboxylic acids is 2. The van der Waals surface area contributed by atoms with Gasteiger partial charge >= 0.3 is 5.97 Å². The molecule has 5 heteroatoms. The van der Waals surface area contributed by atoms with Gasteiger partial charge in [0.25, 0.3) is 0 Å². The van der Waals surface area contributed by atoms with Gasteiger partial charge in [-0.1, -0.05) is 13.3 Å². The van der Waals surface area contributed by atoms with Crippen molar-refractivity contribution in [3.63, 3.8) is 0 Å². The first kappa shape index (κ1) is 19.2. The van der Waals surface area contributed by atoms with Gasteiger partial charge in [0.1, 0.15) is 0 Å². The standard InChI is InChI=1S/C18H28N2O3/c1-5-7-12-19-16(13-17(21)23-6-2)18(22)14-8-10-15(11-9-14)20(3)4/h8-11,16,19H,5-7,12-13H2,1-4H3. The Kier molecular flexibility index (Phi) is 8.33. The normalized spacial score (nSPS) is 11.8. The lowest BCUT2D eigenvalue weighted by molar-refractivity contribution is -0.143. The van der Waals surface area contributed by atoms with Crippen LogP contribution >= 0.6 is 0 Å². The first-order chi connectivity index (χ1) is 11.0. The molecule has 0 radical (unpaired) electrons. The van der Waals surface area contributed by atoms with Crippen LogP contribution in [0.3, 0.4) is 0 Å². The van der Waals surface area contributed by atoms with E-state index in [9.17, 15) is 9.59 Å². The maximum atomic E-state index is 12.7. The molecule has 1 aromatic carbocycles. The number of nitrogens with one attached hydrogen (secondary N) is 1. The number of carbonyl (C=O) groups is 2. The number of hydrogen-bond acceptors (Lipinski definition) is 5. The van der Waals surface area contributed by atoms with E-state index >= 15 is 0 Å². The Morgan fingerprint density at radius 3 is 2.35 bits per heavy atom. The number of benzene rings is 1. The maximum Gasteiger partial charge on any atom is 0.307 e. The van der Waals surface area contributed by atoms with Gasteiger partial charge in [-0.05, 0) is 44.2 Å². The van der Waals surface area contributed by atoms with Gasteiger partial charge in [0.2, 0.25) is 0 Å². The molecule has 0 heterocycles. The third kappa shape index (κ3) is 6.40. The molecule has 0 saturated heterocycles. The van der Waals surface area contributed by atoms with Gasteiger partial charge in [0.15, 0.2) is 5.78 Å². The van der Waals surface area contributed by atoms with Crippen LogP contribution in [0.1, 0.15) is 43.5 Å². The smallest absolute Gasteiger partial charge is 0.307 e. The van der Waals surface area contributed by atoms with E-state index in [0.717, 1.165) is 18.5 Å². The highest BCUT2D eigenvalue weighted by atomic mass is 16.5. The van der Waals surface area contributed by atoms with E-state index in [1.54, 1.807) is 19.1 Å². The molecule has 0 aliphatic carbocycles. The van der Waals surface area contributed by atoms with E-state index in [1.807, 2.05) is 31.1 Å². The summed E-state index contributed by atoms with van der Waals surface area (Å²) in [5.74, 6) is -0.417. The van der Waals surface area contributed by atoms with E-state index in [1.165, 1.54) is 0 Å². The van der Waals surface area contributed by atoms with E-state index in [-0.39, 0.29) is 18.2 Å². The third-order valence-electron chi connectivity index (χ3n) is 3.58. The van der Waals surface area contributed by atoms with Gasteiger partial charge < -0.3 is 15.0 Å². The summed E-state index contributed by atoms with van der Waals surface area (Å²) in [7, 11) is 3.90. The van der Waals surface area contributed by atoms with E-state index in [0.29, 0.717) is 18.7 Å². The molecule has 0 saturated carbocycles. The Bertz CT molecular complexity index is 497. The van der Waals surface area contributed by atoms with E-state index < -0.39 is 6.04 Å². The average molecular weight is 320 g/mol. The highest BCUT2D eigenvalue weighted by Crippen LogP contribution is 2.14. The summed E-state index contributed by atoms with van der Waals surface area (Å²) in [5, 5.41) is 3.18. The summed E-state index contributed by atoms with van der Waals surface area (Å²) in [6.45, 7) is 4.89. The van der Waals surface area contributed by atoms with Gasteiger partial charge in [0.05, 0.1) is 19.1 Å². The molecule has 0 fully saturated rings. The molecule has 1 rings (SSSR count). The van der Waals surface area contributed by atoms with Crippen molar-refractivity contribution < 1.29 is 14.3 Å². The van der Waals surface area contributed by atoms with Crippen LogP contribution < -0.4 is 10.2 Å². The maximum absolute atomic E-state index is 12.7. The number of ether oxygens (including phenoxy) is 1. The predicted octanol–water partition coefficient (Wildman–Crippen LogP) is 2.65. The van der Waals surface area contributed by atoms with Crippen LogP contribution in [0, 0.1) is 0 Å². The van der Waals surface area contributed by atoms with Crippen molar-refractivity contribution >= 4 is 17.4 Å². The monoisotopic (exact) mass is 320 g/mol. The molecule has 0 aliphatic heterocycles. The number of anilines is 1. The molecule has 0 amide bonds. The Hall–Kier alpha value is -1.88. The molecule has 1 N–H and O–H groups in total. The highest BCUT2D eigenvalue weighted by molar-refractivity contribution is 6.02. The number of rotatable bonds is 10. The van der Waals surface area contributed by atoms with Gasteiger partial charge in [0, 0.05) is 25.3 Å². The number of Topliss-reactive ketones (excluding diaryl/α,β-unsaturated/α-hetero) is 1. The molecule has 1 atom stereocenters. The molecule has 1 aromatic rings. The zero-order valence-corrected chi connectivity index (χ0v) is 14.6. The molecule has 0 aliphatic rings. The van der Waals surface area contributed by atoms with Crippen molar-refractivity contribution in [2.24, 2.45) is 0 Å². The number of unbranched alkanes of at least 4 members (excludes halogenated alkanes) is 1. The van der Waals surface area contributed by atoms with Crippen molar-refractivity contribution in [1.29, 1.82) is 0 Å². The average Bonchev–Trinajstić information content (AvgIpc) is 2.53. The molecule has 0 aromatic heterocycles. The second-order valence-electron chi connectivity index (χ2n) is 5.67. The van der Waals surface area contributed by atoms with Gasteiger partial charge in [-0.2, -0.15) is 0 Å². The quantitative estimate of drug-likeness (QED) is 0.408. The minimum absolute atomic E-state index is 0.0613. The van der Waals surface area contributed by atoms with Crippen molar-refractivity contribution in [2.45, 2.75) is 39.2 Å². The van der Waals surface area contributed by atoms with Crippen molar-refractivity contribution in [2.75, 3.05) is 32.1 Å². The SMILES string of the molecule is CCCCNC(CC(=O)OCC)C(=O)c1ccc(N(C)C)cc1. The number of nitrogens with zero attached hydrogens (tertiary/aromatic N) is 1. The topological polar surface area (TPSA) is 58.6 Å². The minimum Gasteiger partial charge on any atom is -0.466 e. The zero-order chi connectivity index (χ0) is 17.2. The summed E-state index contributed by atoms with van der Waals surface area (Å²) in [4.78, 5) is 26.4. The fourth-order valence-electron chi connectivity index (χ4n) is 2.22. The Labute approximate surface area is 139 Å². The molecule has 1 unspecified atom stereocenters. The Morgan fingerprint density at radius 1 is 1.17 bits per heavy atom. The Morgan fingerprint density at radius 2 is 1.83 bits per heavy atom. The fourth-order valence-corrected chi connectivity index (χ4v) is 2.22. The fraction of sp³-hybridized carbons (Fsp3) is 0.556. The number of ketones is 1. The molecule has 0 spiro atoms. The van der Waals surface area contributed by atoms with Crippen LogP contribution in [-0.4, -0.2) is 45.0 Å². The van der Waals surface area contributed by atoms with Crippen LogP contribution in [0.25, 0.3) is 0 Å². The first-order valence-electron chi connectivity index (χ1n) is 8.20. The van der Waals surface area contributed by atoms with Gasteiger partial charge in [-0.25, -0.2) is 0 Å². The number of esters is 1. The van der Waals surface area contributed by atoms with Crippen LogP contribution in [0.2, 0.25) is 0 Å². The number of hydrogen-bond donors (Lipinski definition) is 1. The van der Waals surface area contributed by atoms with Crippen LogP contribution in [0.15, 0.2) is 24.3 Å². The lowest BCUT2D eigenvalue weighted by Crippen LogP contribution is -2.39. The molecule has 5 nitrogen and oxygen atoms in total. The van der Waals surface area contributed by atoms with Crippen LogP contribution in [0.5, 0.6) is 0 Å². The lowest BCUT2D eigenvalue weighted by Gasteiger charge is -2.18. The first-order valence-corrected chi connectivity index (χ1v) is 8.20. The second kappa shape index (κ2) is 10.0. The van der Waals surface area contributed by atoms with Gasteiger partial charge in [-0.3, -0.25) is 9.59 Å². The molecule has 128 valence electrons. The lowest BCUT2D eigenvalue weighted by atomic mass is 10.0. The van der Waals surface area contributed by atoms with E-state index in [2.05, 4.69) is 12.2 Å². The van der Waals surface area contributed by atoms with Gasteiger partial charge in [-0.15, -0.1) is 0 Å². The van der Waals surface area contributed by atoms with Crippen LogP contribution in [0.4, 0.5) is 5.69 Å². The Balaban J connectivity index is 2.81. The van der Waals surface area contributed by atoms with E-state index in [4.69, 9.17) is 4.74 Å². The summed E-state index contributed by atoms with van der Waals surface area (Å²) in [6, 6.07) is 6.88. The molecule has 0 bridgehead atoms. The molecule has 23 heavy (non-hydrogen) atoms. The zero-order valence-electron chi connectivity index (χ0n) is 14.6. The minimum atomic E-state index is -0.536. The summed E-state index contributed by atoms with van der Waals surface area (Å²) in [6.07, 6.45) is 2.06. The summed E-state index contributed by atoms with van der Waals surface area (Å²) < 4.78 is 4.98. The van der Waals surface area contributed by atoms with Crippen molar-refractivity contribution in [1.82, 2.24) is 5.32 Å². The molecular formula is C18H28N2O3. The summed E-state index contributed by atoms with van der Waals surface area (Å²) >= 11 is 0.